The molecule has 1 aliphatic carbocycles. The lowest BCUT2D eigenvalue weighted by Crippen LogP contribution is -2.50. The second kappa shape index (κ2) is 5.27. The van der Waals surface area contributed by atoms with E-state index in [0.29, 0.717) is 32.1 Å². The molecule has 3 rings (SSSR count). The van der Waals surface area contributed by atoms with E-state index in [1.807, 2.05) is 28.0 Å². The molecule has 106 valence electrons. The molecular formula is C16H20N2O2. The molecule has 1 aromatic rings. The average molecular weight is 272 g/mol. The zero-order valence-electron chi connectivity index (χ0n) is 11.8. The van der Waals surface area contributed by atoms with Gasteiger partial charge in [-0.3, -0.25) is 9.59 Å². The SMILES string of the molecule is CC(=O)N1CCN(C(=O)[C@@H]2C[C@H]2c2ccccc2)CC1. The first-order chi connectivity index (χ1) is 9.66. The summed E-state index contributed by atoms with van der Waals surface area (Å²) in [6, 6.07) is 10.3. The normalized spacial score (nSPS) is 25.4. The molecule has 4 heteroatoms. The quantitative estimate of drug-likeness (QED) is 0.818. The largest absolute Gasteiger partial charge is 0.339 e. The first-order valence-electron chi connectivity index (χ1n) is 7.26. The fourth-order valence-corrected chi connectivity index (χ4v) is 3.01. The van der Waals surface area contributed by atoms with E-state index < -0.39 is 0 Å². The Morgan fingerprint density at radius 3 is 2.20 bits per heavy atom. The van der Waals surface area contributed by atoms with Crippen LogP contribution in [-0.4, -0.2) is 47.8 Å². The van der Waals surface area contributed by atoms with E-state index in [4.69, 9.17) is 0 Å². The smallest absolute Gasteiger partial charge is 0.226 e. The Morgan fingerprint density at radius 2 is 1.60 bits per heavy atom. The molecule has 4 nitrogen and oxygen atoms in total. The van der Waals surface area contributed by atoms with Gasteiger partial charge in [-0.15, -0.1) is 0 Å². The highest BCUT2D eigenvalue weighted by molar-refractivity contribution is 5.83. The van der Waals surface area contributed by atoms with Crippen LogP contribution in [0.25, 0.3) is 0 Å². The molecule has 0 aromatic heterocycles. The third kappa shape index (κ3) is 2.55. The second-order valence-corrected chi connectivity index (χ2v) is 5.69. The summed E-state index contributed by atoms with van der Waals surface area (Å²) in [5, 5.41) is 0. The van der Waals surface area contributed by atoms with Crippen LogP contribution in [0.5, 0.6) is 0 Å². The van der Waals surface area contributed by atoms with Crippen molar-refractivity contribution in [2.24, 2.45) is 5.92 Å². The lowest BCUT2D eigenvalue weighted by atomic mass is 10.1. The van der Waals surface area contributed by atoms with E-state index in [1.54, 1.807) is 6.92 Å². The van der Waals surface area contributed by atoms with Gasteiger partial charge < -0.3 is 9.80 Å². The molecule has 20 heavy (non-hydrogen) atoms. The predicted octanol–water partition coefficient (Wildman–Crippen LogP) is 1.48. The Morgan fingerprint density at radius 1 is 1.00 bits per heavy atom. The molecule has 1 aliphatic heterocycles. The number of nitrogens with zero attached hydrogens (tertiary/aromatic N) is 2. The molecular weight excluding hydrogens is 252 g/mol. The van der Waals surface area contributed by atoms with Gasteiger partial charge in [-0.2, -0.15) is 0 Å². The van der Waals surface area contributed by atoms with Gasteiger partial charge in [0, 0.05) is 39.0 Å². The molecule has 2 fully saturated rings. The zero-order chi connectivity index (χ0) is 14.1. The van der Waals surface area contributed by atoms with Crippen LogP contribution in [-0.2, 0) is 9.59 Å². The summed E-state index contributed by atoms with van der Waals surface area (Å²) in [6.07, 6.45) is 0.968. The number of carbonyl (C=O) groups excluding carboxylic acids is 2. The average Bonchev–Trinajstić information content (AvgIpc) is 3.28. The van der Waals surface area contributed by atoms with Crippen molar-refractivity contribution in [1.82, 2.24) is 9.80 Å². The van der Waals surface area contributed by atoms with Gasteiger partial charge in [0.1, 0.15) is 0 Å². The summed E-state index contributed by atoms with van der Waals surface area (Å²) in [5.74, 6) is 0.920. The molecule has 0 N–H and O–H groups in total. The van der Waals surface area contributed by atoms with Crippen LogP contribution >= 0.6 is 0 Å². The van der Waals surface area contributed by atoms with E-state index in [-0.39, 0.29) is 17.7 Å². The number of piperazine rings is 1. The van der Waals surface area contributed by atoms with Crippen molar-refractivity contribution in [3.63, 3.8) is 0 Å². The zero-order valence-corrected chi connectivity index (χ0v) is 11.8. The van der Waals surface area contributed by atoms with Crippen molar-refractivity contribution in [3.05, 3.63) is 35.9 Å². The van der Waals surface area contributed by atoms with Crippen molar-refractivity contribution in [1.29, 1.82) is 0 Å². The molecule has 0 spiro atoms. The Bertz CT molecular complexity index is 506. The summed E-state index contributed by atoms with van der Waals surface area (Å²) in [5.41, 5.74) is 1.27. The molecule has 2 atom stereocenters. The van der Waals surface area contributed by atoms with Crippen molar-refractivity contribution in [2.45, 2.75) is 19.3 Å². The predicted molar refractivity (Wildman–Crippen MR) is 76.1 cm³/mol. The van der Waals surface area contributed by atoms with Gasteiger partial charge in [-0.05, 0) is 17.9 Å². The highest BCUT2D eigenvalue weighted by Gasteiger charge is 2.45. The lowest BCUT2D eigenvalue weighted by molar-refractivity contribution is -0.139. The van der Waals surface area contributed by atoms with Crippen LogP contribution in [0.2, 0.25) is 0 Å². The molecule has 0 radical (unpaired) electrons. The van der Waals surface area contributed by atoms with Crippen LogP contribution < -0.4 is 0 Å². The lowest BCUT2D eigenvalue weighted by Gasteiger charge is -2.34. The summed E-state index contributed by atoms with van der Waals surface area (Å²) in [4.78, 5) is 27.5. The van der Waals surface area contributed by atoms with Crippen molar-refractivity contribution < 1.29 is 9.59 Å². The number of amides is 2. The van der Waals surface area contributed by atoms with E-state index in [2.05, 4.69) is 12.1 Å². The Hall–Kier alpha value is -1.84. The van der Waals surface area contributed by atoms with Crippen molar-refractivity contribution in [3.8, 4) is 0 Å². The Balaban J connectivity index is 1.56. The first-order valence-corrected chi connectivity index (χ1v) is 7.26. The maximum Gasteiger partial charge on any atom is 0.226 e. The van der Waals surface area contributed by atoms with E-state index in [0.717, 1.165) is 6.42 Å². The van der Waals surface area contributed by atoms with Gasteiger partial charge in [0.2, 0.25) is 11.8 Å². The van der Waals surface area contributed by atoms with Crippen LogP contribution in [0.3, 0.4) is 0 Å². The molecule has 0 bridgehead atoms. The molecule has 0 unspecified atom stereocenters. The summed E-state index contributed by atoms with van der Waals surface area (Å²) >= 11 is 0. The van der Waals surface area contributed by atoms with Gasteiger partial charge in [0.05, 0.1) is 0 Å². The number of rotatable bonds is 2. The Labute approximate surface area is 119 Å². The molecule has 1 saturated heterocycles. The van der Waals surface area contributed by atoms with Crippen LogP contribution in [0.15, 0.2) is 30.3 Å². The molecule has 1 heterocycles. The fraction of sp³-hybridized carbons (Fsp3) is 0.500. The molecule has 1 aromatic carbocycles. The summed E-state index contributed by atoms with van der Waals surface area (Å²) < 4.78 is 0. The van der Waals surface area contributed by atoms with Gasteiger partial charge in [-0.25, -0.2) is 0 Å². The standard InChI is InChI=1S/C16H20N2O2/c1-12(19)17-7-9-18(10-8-17)16(20)15-11-14(15)13-5-3-2-4-6-13/h2-6,14-15H,7-11H2,1H3/t14-,15+/m0/s1. The van der Waals surface area contributed by atoms with Gasteiger partial charge in [-0.1, -0.05) is 30.3 Å². The topological polar surface area (TPSA) is 40.6 Å². The van der Waals surface area contributed by atoms with Gasteiger partial charge >= 0.3 is 0 Å². The summed E-state index contributed by atoms with van der Waals surface area (Å²) in [6.45, 7) is 4.28. The number of carbonyl (C=O) groups is 2. The third-order valence-corrected chi connectivity index (χ3v) is 4.37. The van der Waals surface area contributed by atoms with Crippen LogP contribution in [0.4, 0.5) is 0 Å². The van der Waals surface area contributed by atoms with Crippen LogP contribution in [0.1, 0.15) is 24.8 Å². The van der Waals surface area contributed by atoms with E-state index >= 15 is 0 Å². The maximum atomic E-state index is 12.4. The molecule has 2 amide bonds. The minimum absolute atomic E-state index is 0.102. The minimum atomic E-state index is 0.102. The second-order valence-electron chi connectivity index (χ2n) is 5.69. The van der Waals surface area contributed by atoms with Gasteiger partial charge in [0.15, 0.2) is 0 Å². The minimum Gasteiger partial charge on any atom is -0.339 e. The number of hydrogen-bond donors (Lipinski definition) is 0. The van der Waals surface area contributed by atoms with E-state index in [9.17, 15) is 9.59 Å². The van der Waals surface area contributed by atoms with Crippen molar-refractivity contribution in [2.75, 3.05) is 26.2 Å². The number of hydrogen-bond acceptors (Lipinski definition) is 2. The number of benzene rings is 1. The molecule has 2 aliphatic rings. The summed E-state index contributed by atoms with van der Waals surface area (Å²) in [7, 11) is 0. The van der Waals surface area contributed by atoms with Gasteiger partial charge in [0.25, 0.3) is 0 Å². The maximum absolute atomic E-state index is 12.4. The van der Waals surface area contributed by atoms with E-state index in [1.165, 1.54) is 5.56 Å². The third-order valence-electron chi connectivity index (χ3n) is 4.37. The fourth-order valence-electron chi connectivity index (χ4n) is 3.01. The Kier molecular flexibility index (Phi) is 3.47. The van der Waals surface area contributed by atoms with Crippen LogP contribution in [0, 0.1) is 5.92 Å². The van der Waals surface area contributed by atoms with Crippen molar-refractivity contribution >= 4 is 11.8 Å². The molecule has 1 saturated carbocycles. The first kappa shape index (κ1) is 13.2. The highest BCUT2D eigenvalue weighted by Crippen LogP contribution is 2.48. The monoisotopic (exact) mass is 272 g/mol. The highest BCUT2D eigenvalue weighted by atomic mass is 16.2.